The molecule has 0 atom stereocenters. The summed E-state index contributed by atoms with van der Waals surface area (Å²) in [4.78, 5) is 14.1. The van der Waals surface area contributed by atoms with Crippen LogP contribution in [0.5, 0.6) is 0 Å². The molecule has 3 heteroatoms. The van der Waals surface area contributed by atoms with Crippen LogP contribution in [0, 0.1) is 6.92 Å². The monoisotopic (exact) mass is 242 g/mol. The largest absolute Gasteiger partial charge is 0.367 e. The van der Waals surface area contributed by atoms with Crippen molar-refractivity contribution in [2.24, 2.45) is 7.05 Å². The van der Waals surface area contributed by atoms with Crippen molar-refractivity contribution in [1.29, 1.82) is 0 Å². The van der Waals surface area contributed by atoms with E-state index in [1.165, 1.54) is 5.56 Å². The summed E-state index contributed by atoms with van der Waals surface area (Å²) >= 11 is 0. The normalized spacial score (nSPS) is 10.4. The minimum atomic E-state index is 0.130. The van der Waals surface area contributed by atoms with E-state index in [2.05, 4.69) is 19.1 Å². The number of anilines is 1. The average molecular weight is 242 g/mol. The lowest BCUT2D eigenvalue weighted by Gasteiger charge is -2.18. The predicted octanol–water partition coefficient (Wildman–Crippen LogP) is 2.65. The summed E-state index contributed by atoms with van der Waals surface area (Å²) in [6.07, 6.45) is 1.89. The zero-order valence-corrected chi connectivity index (χ0v) is 11.1. The van der Waals surface area contributed by atoms with Crippen molar-refractivity contribution in [2.75, 3.05) is 18.5 Å². The third-order valence-electron chi connectivity index (χ3n) is 3.08. The van der Waals surface area contributed by atoms with Gasteiger partial charge in [0.15, 0.2) is 5.78 Å². The highest BCUT2D eigenvalue weighted by atomic mass is 16.1. The highest BCUT2D eigenvalue weighted by Crippen LogP contribution is 2.14. The smallest absolute Gasteiger partial charge is 0.198 e. The lowest BCUT2D eigenvalue weighted by atomic mass is 10.2. The second-order valence-electron chi connectivity index (χ2n) is 4.62. The van der Waals surface area contributed by atoms with Crippen molar-refractivity contribution in [2.45, 2.75) is 6.92 Å². The lowest BCUT2D eigenvalue weighted by molar-refractivity contribution is 0.0992. The van der Waals surface area contributed by atoms with E-state index in [0.29, 0.717) is 6.54 Å². The zero-order valence-electron chi connectivity index (χ0n) is 11.1. The highest BCUT2D eigenvalue weighted by Gasteiger charge is 2.12. The van der Waals surface area contributed by atoms with Crippen molar-refractivity contribution in [3.8, 4) is 0 Å². The number of carbonyl (C=O) groups is 1. The maximum Gasteiger partial charge on any atom is 0.198 e. The van der Waals surface area contributed by atoms with E-state index in [0.717, 1.165) is 11.4 Å². The lowest BCUT2D eigenvalue weighted by Crippen LogP contribution is -2.26. The number of aryl methyl sites for hydroxylation is 2. The van der Waals surface area contributed by atoms with Crippen molar-refractivity contribution >= 4 is 11.5 Å². The van der Waals surface area contributed by atoms with Gasteiger partial charge in [0.05, 0.1) is 12.2 Å². The Hall–Kier alpha value is -2.03. The van der Waals surface area contributed by atoms with E-state index < -0.39 is 0 Å². The molecule has 2 aromatic rings. The molecule has 2 rings (SSSR count). The van der Waals surface area contributed by atoms with Gasteiger partial charge in [-0.05, 0) is 31.2 Å². The first-order valence-electron chi connectivity index (χ1n) is 6.00. The van der Waals surface area contributed by atoms with Crippen molar-refractivity contribution < 1.29 is 4.79 Å². The molecule has 1 aromatic carbocycles. The number of hydrogen-bond acceptors (Lipinski definition) is 2. The molecular formula is C15H18N2O. The predicted molar refractivity (Wildman–Crippen MR) is 74.2 cm³/mol. The highest BCUT2D eigenvalue weighted by molar-refractivity contribution is 5.97. The number of ketones is 1. The number of benzene rings is 1. The molecule has 0 bridgehead atoms. The molecule has 0 unspecified atom stereocenters. The number of hydrogen-bond donors (Lipinski definition) is 0. The molecule has 0 aliphatic carbocycles. The molecule has 0 saturated carbocycles. The van der Waals surface area contributed by atoms with Crippen LogP contribution in [0.25, 0.3) is 0 Å². The van der Waals surface area contributed by atoms with E-state index in [4.69, 9.17) is 0 Å². The van der Waals surface area contributed by atoms with Gasteiger partial charge in [0, 0.05) is 26.0 Å². The molecule has 0 N–H and O–H groups in total. The molecule has 0 fully saturated rings. The van der Waals surface area contributed by atoms with Crippen LogP contribution < -0.4 is 4.90 Å². The summed E-state index contributed by atoms with van der Waals surface area (Å²) in [5, 5.41) is 0. The number of nitrogens with zero attached hydrogens (tertiary/aromatic N) is 2. The van der Waals surface area contributed by atoms with Gasteiger partial charge in [0.25, 0.3) is 0 Å². The molecule has 0 aliphatic rings. The summed E-state index contributed by atoms with van der Waals surface area (Å²) in [6, 6.07) is 11.9. The molecular weight excluding hydrogens is 224 g/mol. The van der Waals surface area contributed by atoms with Gasteiger partial charge >= 0.3 is 0 Å². The van der Waals surface area contributed by atoms with Gasteiger partial charge in [-0.2, -0.15) is 0 Å². The molecule has 1 aromatic heterocycles. The standard InChI is InChI=1S/C15H18N2O/c1-12-6-8-13(9-7-12)17(3)11-15(18)14-5-4-10-16(14)2/h4-10H,11H2,1-3H3. The van der Waals surface area contributed by atoms with Crippen LogP contribution in [0.3, 0.4) is 0 Å². The maximum atomic E-state index is 12.1. The number of Topliss-reactive ketones (excluding diaryl/α,β-unsaturated/α-hetero) is 1. The van der Waals surface area contributed by atoms with Gasteiger partial charge in [-0.3, -0.25) is 4.79 Å². The first kappa shape index (κ1) is 12.4. The molecule has 0 amide bonds. The van der Waals surface area contributed by atoms with Crippen molar-refractivity contribution in [1.82, 2.24) is 4.57 Å². The first-order valence-corrected chi connectivity index (χ1v) is 6.00. The second kappa shape index (κ2) is 5.08. The second-order valence-corrected chi connectivity index (χ2v) is 4.62. The molecule has 0 saturated heterocycles. The molecule has 18 heavy (non-hydrogen) atoms. The molecule has 3 nitrogen and oxygen atoms in total. The Balaban J connectivity index is 2.08. The summed E-state index contributed by atoms with van der Waals surface area (Å²) in [5.74, 6) is 0.130. The van der Waals surface area contributed by atoms with Crippen molar-refractivity contribution in [3.63, 3.8) is 0 Å². The van der Waals surface area contributed by atoms with Gasteiger partial charge in [-0.25, -0.2) is 0 Å². The Morgan fingerprint density at radius 3 is 2.44 bits per heavy atom. The quantitative estimate of drug-likeness (QED) is 0.770. The number of rotatable bonds is 4. The third kappa shape index (κ3) is 2.62. The van der Waals surface area contributed by atoms with Crippen LogP contribution in [0.4, 0.5) is 5.69 Å². The SMILES string of the molecule is Cc1ccc(N(C)CC(=O)c2cccn2C)cc1. The van der Waals surface area contributed by atoms with E-state index in [9.17, 15) is 4.79 Å². The van der Waals surface area contributed by atoms with Crippen LogP contribution in [0.1, 0.15) is 16.1 Å². The van der Waals surface area contributed by atoms with Gasteiger partial charge in [-0.1, -0.05) is 17.7 Å². The zero-order chi connectivity index (χ0) is 13.1. The van der Waals surface area contributed by atoms with E-state index in [-0.39, 0.29) is 5.78 Å². The molecule has 0 radical (unpaired) electrons. The van der Waals surface area contributed by atoms with E-state index in [1.54, 1.807) is 0 Å². The van der Waals surface area contributed by atoms with Crippen LogP contribution in [-0.4, -0.2) is 23.9 Å². The molecule has 0 spiro atoms. The molecule has 0 aliphatic heterocycles. The van der Waals surface area contributed by atoms with E-state index >= 15 is 0 Å². The van der Waals surface area contributed by atoms with Crippen molar-refractivity contribution in [3.05, 3.63) is 53.9 Å². The summed E-state index contributed by atoms with van der Waals surface area (Å²) in [6.45, 7) is 2.44. The third-order valence-corrected chi connectivity index (χ3v) is 3.08. The van der Waals surface area contributed by atoms with E-state index in [1.807, 2.05) is 54.0 Å². The fourth-order valence-corrected chi connectivity index (χ4v) is 1.94. The Morgan fingerprint density at radius 1 is 1.22 bits per heavy atom. The summed E-state index contributed by atoms with van der Waals surface area (Å²) in [5.41, 5.74) is 3.03. The minimum Gasteiger partial charge on any atom is -0.367 e. The number of aromatic nitrogens is 1. The fraction of sp³-hybridized carbons (Fsp3) is 0.267. The van der Waals surface area contributed by atoms with Crippen LogP contribution >= 0.6 is 0 Å². The van der Waals surface area contributed by atoms with Gasteiger partial charge in [-0.15, -0.1) is 0 Å². The topological polar surface area (TPSA) is 25.2 Å². The number of likely N-dealkylation sites (N-methyl/N-ethyl adjacent to an activating group) is 1. The average Bonchev–Trinajstić information content (AvgIpc) is 2.76. The minimum absolute atomic E-state index is 0.130. The molecule has 1 heterocycles. The summed E-state index contributed by atoms with van der Waals surface area (Å²) in [7, 11) is 3.82. The van der Waals surface area contributed by atoms with Gasteiger partial charge < -0.3 is 9.47 Å². The Bertz CT molecular complexity index is 540. The maximum absolute atomic E-state index is 12.1. The Labute approximate surface area is 108 Å². The fourth-order valence-electron chi connectivity index (χ4n) is 1.94. The first-order chi connectivity index (χ1) is 8.58. The van der Waals surface area contributed by atoms with Gasteiger partial charge in [0.1, 0.15) is 0 Å². The van der Waals surface area contributed by atoms with Crippen LogP contribution in [-0.2, 0) is 7.05 Å². The van der Waals surface area contributed by atoms with Crippen LogP contribution in [0.15, 0.2) is 42.6 Å². The number of carbonyl (C=O) groups excluding carboxylic acids is 1. The van der Waals surface area contributed by atoms with Crippen LogP contribution in [0.2, 0.25) is 0 Å². The molecule has 94 valence electrons. The van der Waals surface area contributed by atoms with Gasteiger partial charge in [0.2, 0.25) is 0 Å². The summed E-state index contributed by atoms with van der Waals surface area (Å²) < 4.78 is 1.85. The Morgan fingerprint density at radius 2 is 1.89 bits per heavy atom. The Kier molecular flexibility index (Phi) is 3.51.